The van der Waals surface area contributed by atoms with Gasteiger partial charge in [-0.25, -0.2) is 4.98 Å². The van der Waals surface area contributed by atoms with Gasteiger partial charge in [0.2, 0.25) is 0 Å². The quantitative estimate of drug-likeness (QED) is 0.863. The maximum Gasteiger partial charge on any atom is 0.406 e. The van der Waals surface area contributed by atoms with E-state index < -0.39 is 24.7 Å². The fourth-order valence-corrected chi connectivity index (χ4v) is 2.76. The predicted octanol–water partition coefficient (Wildman–Crippen LogP) is 2.81. The second kappa shape index (κ2) is 6.72. The van der Waals surface area contributed by atoms with Gasteiger partial charge in [-0.2, -0.15) is 13.2 Å². The van der Waals surface area contributed by atoms with E-state index in [0.717, 1.165) is 4.90 Å². The average Bonchev–Trinajstić information content (AvgIpc) is 2.58. The number of rotatable bonds is 3. The van der Waals surface area contributed by atoms with Crippen molar-refractivity contribution in [3.05, 3.63) is 36.2 Å². The lowest BCUT2D eigenvalue weighted by molar-refractivity contribution is -0.147. The Balaban J connectivity index is 1.90. The summed E-state index contributed by atoms with van der Waals surface area (Å²) in [7, 11) is 0. The lowest BCUT2D eigenvalue weighted by Crippen LogP contribution is -2.48. The normalized spacial score (nSPS) is 16.3. The number of hydrogen-bond donors (Lipinski definition) is 0. The first-order valence-electron chi connectivity index (χ1n) is 7.61. The molecule has 0 unspecified atom stereocenters. The second-order valence-electron chi connectivity index (χ2n) is 5.64. The number of ether oxygens (including phenoxy) is 1. The van der Waals surface area contributed by atoms with Crippen LogP contribution in [0.4, 0.5) is 13.2 Å². The minimum atomic E-state index is -4.47. The summed E-state index contributed by atoms with van der Waals surface area (Å²) >= 11 is 0. The third-order valence-corrected chi connectivity index (χ3v) is 3.91. The molecule has 1 fully saturated rings. The standard InChI is InChI=1S/C16H16F3N3O2/c17-16(18,19)10-22(11-5-7-24-8-6-11)15(23)14-9-20-12-3-1-2-4-13(12)21-14/h1-4,9,11H,5-8,10H2. The van der Waals surface area contributed by atoms with E-state index in [4.69, 9.17) is 4.74 Å². The maximum atomic E-state index is 12.9. The van der Waals surface area contributed by atoms with Crippen LogP contribution >= 0.6 is 0 Å². The minimum Gasteiger partial charge on any atom is -0.381 e. The Labute approximate surface area is 136 Å². The molecule has 8 heteroatoms. The number of alkyl halides is 3. The molecule has 0 bridgehead atoms. The number of amides is 1. The second-order valence-corrected chi connectivity index (χ2v) is 5.64. The van der Waals surface area contributed by atoms with Crippen molar-refractivity contribution in [1.82, 2.24) is 14.9 Å². The summed E-state index contributed by atoms with van der Waals surface area (Å²) in [6, 6.07) is 6.39. The molecule has 0 radical (unpaired) electrons. The van der Waals surface area contributed by atoms with Gasteiger partial charge in [-0.3, -0.25) is 9.78 Å². The van der Waals surface area contributed by atoms with Crippen molar-refractivity contribution in [1.29, 1.82) is 0 Å². The van der Waals surface area contributed by atoms with Gasteiger partial charge in [0.15, 0.2) is 0 Å². The van der Waals surface area contributed by atoms with Crippen LogP contribution in [0, 0.1) is 0 Å². The molecule has 1 aliphatic rings. The number of aromatic nitrogens is 2. The van der Waals surface area contributed by atoms with Gasteiger partial charge < -0.3 is 9.64 Å². The molecule has 24 heavy (non-hydrogen) atoms. The van der Waals surface area contributed by atoms with Crippen LogP contribution in [0.3, 0.4) is 0 Å². The van der Waals surface area contributed by atoms with E-state index >= 15 is 0 Å². The van der Waals surface area contributed by atoms with Gasteiger partial charge in [-0.05, 0) is 25.0 Å². The molecule has 2 heterocycles. The maximum absolute atomic E-state index is 12.9. The molecule has 0 spiro atoms. The molecule has 1 aromatic heterocycles. The molecule has 2 aromatic rings. The minimum absolute atomic E-state index is 0.0792. The van der Waals surface area contributed by atoms with Crippen molar-refractivity contribution in [3.8, 4) is 0 Å². The highest BCUT2D eigenvalue weighted by Gasteiger charge is 2.37. The highest BCUT2D eigenvalue weighted by atomic mass is 19.4. The Morgan fingerprint density at radius 3 is 2.54 bits per heavy atom. The van der Waals surface area contributed by atoms with Crippen LogP contribution in [0.15, 0.2) is 30.5 Å². The lowest BCUT2D eigenvalue weighted by Gasteiger charge is -2.34. The van der Waals surface area contributed by atoms with Gasteiger partial charge in [0.25, 0.3) is 5.91 Å². The summed E-state index contributed by atoms with van der Waals surface area (Å²) in [5.74, 6) is -0.752. The Morgan fingerprint density at radius 2 is 1.88 bits per heavy atom. The molecule has 5 nitrogen and oxygen atoms in total. The van der Waals surface area contributed by atoms with Crippen LogP contribution in [-0.2, 0) is 4.74 Å². The predicted molar refractivity (Wildman–Crippen MR) is 80.5 cm³/mol. The first kappa shape index (κ1) is 16.6. The number of benzene rings is 1. The first-order chi connectivity index (χ1) is 11.4. The molecule has 0 saturated carbocycles. The fourth-order valence-electron chi connectivity index (χ4n) is 2.76. The Kier molecular flexibility index (Phi) is 4.66. The Morgan fingerprint density at radius 1 is 1.21 bits per heavy atom. The SMILES string of the molecule is O=C(c1cnc2ccccc2n1)N(CC(F)(F)F)C1CCOCC1. The first-order valence-corrected chi connectivity index (χ1v) is 7.61. The molecule has 1 aliphatic heterocycles. The van der Waals surface area contributed by atoms with Crippen molar-refractivity contribution in [2.24, 2.45) is 0 Å². The van der Waals surface area contributed by atoms with Gasteiger partial charge in [0.05, 0.1) is 17.2 Å². The Bertz CT molecular complexity index is 730. The van der Waals surface area contributed by atoms with E-state index in [0.29, 0.717) is 37.1 Å². The summed E-state index contributed by atoms with van der Waals surface area (Å²) in [5, 5.41) is 0. The zero-order valence-corrected chi connectivity index (χ0v) is 12.8. The molecule has 0 aliphatic carbocycles. The van der Waals surface area contributed by atoms with Crippen LogP contribution < -0.4 is 0 Å². The molecule has 0 atom stereocenters. The summed E-state index contributed by atoms with van der Waals surface area (Å²) in [5.41, 5.74) is 0.981. The van der Waals surface area contributed by atoms with Gasteiger partial charge in [-0.1, -0.05) is 12.1 Å². The van der Waals surface area contributed by atoms with Crippen LogP contribution in [0.2, 0.25) is 0 Å². The zero-order chi connectivity index (χ0) is 17.2. The van der Waals surface area contributed by atoms with Gasteiger partial charge in [-0.15, -0.1) is 0 Å². The van der Waals surface area contributed by atoms with Crippen LogP contribution in [0.1, 0.15) is 23.3 Å². The molecule has 1 aromatic carbocycles. The summed E-state index contributed by atoms with van der Waals surface area (Å²) in [4.78, 5) is 21.8. The van der Waals surface area contributed by atoms with Crippen LogP contribution in [0.5, 0.6) is 0 Å². The highest BCUT2D eigenvalue weighted by molar-refractivity contribution is 5.94. The van der Waals surface area contributed by atoms with Crippen molar-refractivity contribution in [2.45, 2.75) is 25.1 Å². The van der Waals surface area contributed by atoms with Gasteiger partial charge in [0, 0.05) is 19.3 Å². The Hall–Kier alpha value is -2.22. The van der Waals surface area contributed by atoms with Crippen molar-refractivity contribution in [2.75, 3.05) is 19.8 Å². The van der Waals surface area contributed by atoms with E-state index in [9.17, 15) is 18.0 Å². The number of carbonyl (C=O) groups is 1. The topological polar surface area (TPSA) is 55.3 Å². The number of hydrogen-bond acceptors (Lipinski definition) is 4. The third kappa shape index (κ3) is 3.81. The van der Waals surface area contributed by atoms with Crippen molar-refractivity contribution >= 4 is 16.9 Å². The highest BCUT2D eigenvalue weighted by Crippen LogP contribution is 2.24. The average molecular weight is 339 g/mol. The number of fused-ring (bicyclic) bond motifs is 1. The molecular weight excluding hydrogens is 323 g/mol. The van der Waals surface area contributed by atoms with E-state index in [1.807, 2.05) is 0 Å². The number of nitrogens with zero attached hydrogens (tertiary/aromatic N) is 3. The summed E-state index contributed by atoms with van der Waals surface area (Å²) in [6.45, 7) is -0.615. The molecule has 3 rings (SSSR count). The monoisotopic (exact) mass is 339 g/mol. The van der Waals surface area contributed by atoms with Crippen LogP contribution in [-0.4, -0.2) is 52.8 Å². The molecule has 128 valence electrons. The van der Waals surface area contributed by atoms with E-state index in [-0.39, 0.29) is 5.69 Å². The van der Waals surface area contributed by atoms with E-state index in [2.05, 4.69) is 9.97 Å². The number of halogens is 3. The van der Waals surface area contributed by atoms with Gasteiger partial charge >= 0.3 is 6.18 Å². The molecule has 1 saturated heterocycles. The lowest BCUT2D eigenvalue weighted by atomic mass is 10.1. The zero-order valence-electron chi connectivity index (χ0n) is 12.8. The summed E-state index contributed by atoms with van der Waals surface area (Å²) in [6.07, 6.45) is -2.49. The molecule has 0 N–H and O–H groups in total. The van der Waals surface area contributed by atoms with Gasteiger partial charge in [0.1, 0.15) is 12.2 Å². The van der Waals surface area contributed by atoms with Crippen LogP contribution in [0.25, 0.3) is 11.0 Å². The number of carbonyl (C=O) groups excluding carboxylic acids is 1. The molecule has 1 amide bonds. The number of para-hydroxylation sites is 2. The molecular formula is C16H16F3N3O2. The summed E-state index contributed by atoms with van der Waals surface area (Å²) < 4.78 is 44.0. The third-order valence-electron chi connectivity index (χ3n) is 3.91. The van der Waals surface area contributed by atoms with E-state index in [1.54, 1.807) is 24.3 Å². The van der Waals surface area contributed by atoms with Crippen molar-refractivity contribution < 1.29 is 22.7 Å². The van der Waals surface area contributed by atoms with Crippen molar-refractivity contribution in [3.63, 3.8) is 0 Å². The fraction of sp³-hybridized carbons (Fsp3) is 0.438. The largest absolute Gasteiger partial charge is 0.406 e. The smallest absolute Gasteiger partial charge is 0.381 e. The van der Waals surface area contributed by atoms with E-state index in [1.165, 1.54) is 6.20 Å².